The van der Waals surface area contributed by atoms with Crippen LogP contribution in [0, 0.1) is 11.3 Å². The number of alkyl halides is 2. The standard InChI is InChI=1S/C17H15F2NO4/c1-2-24-15(23)16-8-9(7-12(16)17(16,18)19)20-13(21)10-5-3-4-6-11(10)14(20)22/h3-6,9,12H,2,7-8H2,1H3/t9-,12?,16+/m1/s1. The molecule has 1 unspecified atom stereocenters. The minimum Gasteiger partial charge on any atom is -0.465 e. The van der Waals surface area contributed by atoms with Gasteiger partial charge < -0.3 is 4.74 Å². The van der Waals surface area contributed by atoms with Crippen molar-refractivity contribution >= 4 is 17.8 Å². The molecule has 0 spiro atoms. The van der Waals surface area contributed by atoms with Crippen LogP contribution in [0.2, 0.25) is 0 Å². The number of nitrogens with zero attached hydrogens (tertiary/aromatic N) is 1. The minimum absolute atomic E-state index is 0.0149. The number of rotatable bonds is 3. The van der Waals surface area contributed by atoms with E-state index in [-0.39, 0.29) is 30.6 Å². The molecule has 0 radical (unpaired) electrons. The van der Waals surface area contributed by atoms with Gasteiger partial charge in [0.2, 0.25) is 0 Å². The van der Waals surface area contributed by atoms with Gasteiger partial charge in [0.15, 0.2) is 0 Å². The summed E-state index contributed by atoms with van der Waals surface area (Å²) in [5.74, 6) is -6.19. The highest BCUT2D eigenvalue weighted by atomic mass is 19.3. The predicted molar refractivity (Wildman–Crippen MR) is 77.5 cm³/mol. The molecular weight excluding hydrogens is 320 g/mol. The van der Waals surface area contributed by atoms with Crippen LogP contribution in [0.5, 0.6) is 0 Å². The van der Waals surface area contributed by atoms with Gasteiger partial charge in [0.25, 0.3) is 17.7 Å². The third-order valence-electron chi connectivity index (χ3n) is 5.44. The number of ether oxygens (including phenoxy) is 1. The highest BCUT2D eigenvalue weighted by Gasteiger charge is 2.88. The van der Waals surface area contributed by atoms with E-state index >= 15 is 0 Å². The van der Waals surface area contributed by atoms with Crippen molar-refractivity contribution in [1.29, 1.82) is 0 Å². The fourth-order valence-electron chi connectivity index (χ4n) is 4.25. The zero-order chi connectivity index (χ0) is 17.3. The Morgan fingerprint density at radius 3 is 2.38 bits per heavy atom. The Kier molecular flexibility index (Phi) is 2.93. The third kappa shape index (κ3) is 1.59. The molecular formula is C17H15F2NO4. The normalized spacial score (nSPS) is 32.5. The number of amides is 2. The first kappa shape index (κ1) is 15.2. The largest absolute Gasteiger partial charge is 0.465 e. The van der Waals surface area contributed by atoms with Crippen molar-refractivity contribution in [3.8, 4) is 0 Å². The van der Waals surface area contributed by atoms with Gasteiger partial charge in [-0.15, -0.1) is 0 Å². The van der Waals surface area contributed by atoms with Crippen LogP contribution < -0.4 is 0 Å². The topological polar surface area (TPSA) is 63.7 Å². The van der Waals surface area contributed by atoms with Crippen LogP contribution in [0.3, 0.4) is 0 Å². The third-order valence-corrected chi connectivity index (χ3v) is 5.44. The average molecular weight is 335 g/mol. The molecule has 0 N–H and O–H groups in total. The lowest BCUT2D eigenvalue weighted by atomic mass is 10.00. The number of carbonyl (C=O) groups excluding carboxylic acids is 3. The highest BCUT2D eigenvalue weighted by molar-refractivity contribution is 6.21. The van der Waals surface area contributed by atoms with E-state index in [0.717, 1.165) is 4.90 Å². The lowest BCUT2D eigenvalue weighted by Gasteiger charge is -2.26. The quantitative estimate of drug-likeness (QED) is 0.628. The van der Waals surface area contributed by atoms with Crippen LogP contribution in [0.4, 0.5) is 8.78 Å². The van der Waals surface area contributed by atoms with Gasteiger partial charge in [-0.3, -0.25) is 19.3 Å². The number of hydrogen-bond donors (Lipinski definition) is 0. The maximum Gasteiger partial charge on any atom is 0.318 e. The maximum absolute atomic E-state index is 14.1. The Hall–Kier alpha value is -2.31. The van der Waals surface area contributed by atoms with E-state index in [0.29, 0.717) is 0 Å². The monoisotopic (exact) mass is 335 g/mol. The molecule has 3 aliphatic rings. The first-order valence-electron chi connectivity index (χ1n) is 7.88. The molecule has 0 saturated heterocycles. The van der Waals surface area contributed by atoms with Gasteiger partial charge in [-0.2, -0.15) is 0 Å². The van der Waals surface area contributed by atoms with E-state index in [1.54, 1.807) is 31.2 Å². The summed E-state index contributed by atoms with van der Waals surface area (Å²) in [5, 5.41) is 0. The zero-order valence-electron chi connectivity index (χ0n) is 12.9. The van der Waals surface area contributed by atoms with Gasteiger partial charge in [-0.25, -0.2) is 8.78 Å². The van der Waals surface area contributed by atoms with E-state index in [9.17, 15) is 23.2 Å². The summed E-state index contributed by atoms with van der Waals surface area (Å²) in [6.07, 6.45) is -0.313. The van der Waals surface area contributed by atoms with Gasteiger partial charge in [0.1, 0.15) is 5.41 Å². The number of esters is 1. The van der Waals surface area contributed by atoms with Gasteiger partial charge in [-0.1, -0.05) is 12.1 Å². The van der Waals surface area contributed by atoms with E-state index in [1.165, 1.54) is 0 Å². The summed E-state index contributed by atoms with van der Waals surface area (Å²) in [6.45, 7) is 1.57. The number of fused-ring (bicyclic) bond motifs is 2. The number of halogens is 2. The Bertz CT molecular complexity index is 743. The molecule has 3 atom stereocenters. The van der Waals surface area contributed by atoms with Crippen molar-refractivity contribution in [3.05, 3.63) is 35.4 Å². The van der Waals surface area contributed by atoms with Crippen molar-refractivity contribution in [2.75, 3.05) is 6.61 Å². The lowest BCUT2D eigenvalue weighted by Crippen LogP contribution is -2.42. The summed E-state index contributed by atoms with van der Waals surface area (Å²) in [7, 11) is 0. The second-order valence-electron chi connectivity index (χ2n) is 6.49. The second kappa shape index (κ2) is 4.62. The van der Waals surface area contributed by atoms with Crippen LogP contribution in [0.1, 0.15) is 40.5 Å². The molecule has 7 heteroatoms. The molecule has 0 bridgehead atoms. The predicted octanol–water partition coefficient (Wildman–Crippen LogP) is 2.26. The van der Waals surface area contributed by atoms with Gasteiger partial charge in [0, 0.05) is 12.0 Å². The summed E-state index contributed by atoms with van der Waals surface area (Å²) in [4.78, 5) is 38.1. The summed E-state index contributed by atoms with van der Waals surface area (Å²) < 4.78 is 33.0. The number of benzene rings is 1. The number of carbonyl (C=O) groups is 3. The fourth-order valence-corrected chi connectivity index (χ4v) is 4.25. The molecule has 2 saturated carbocycles. The summed E-state index contributed by atoms with van der Waals surface area (Å²) in [5.41, 5.74) is -1.33. The fraction of sp³-hybridized carbons (Fsp3) is 0.471. The Morgan fingerprint density at radius 2 is 1.83 bits per heavy atom. The smallest absolute Gasteiger partial charge is 0.318 e. The molecule has 126 valence electrons. The average Bonchev–Trinajstić information content (AvgIpc) is 2.86. The molecule has 5 nitrogen and oxygen atoms in total. The number of imide groups is 1. The molecule has 2 amide bonds. The first-order chi connectivity index (χ1) is 11.4. The van der Waals surface area contributed by atoms with E-state index in [2.05, 4.69) is 0 Å². The second-order valence-corrected chi connectivity index (χ2v) is 6.49. The van der Waals surface area contributed by atoms with Crippen molar-refractivity contribution in [3.63, 3.8) is 0 Å². The van der Waals surface area contributed by atoms with E-state index in [1.807, 2.05) is 0 Å². The van der Waals surface area contributed by atoms with Crippen LogP contribution >= 0.6 is 0 Å². The molecule has 0 aromatic heterocycles. The Morgan fingerprint density at radius 1 is 1.25 bits per heavy atom. The highest BCUT2D eigenvalue weighted by Crippen LogP contribution is 2.75. The molecule has 4 rings (SSSR count). The van der Waals surface area contributed by atoms with Crippen molar-refractivity contribution in [2.24, 2.45) is 11.3 Å². The number of hydrogen-bond acceptors (Lipinski definition) is 4. The van der Waals surface area contributed by atoms with Crippen LogP contribution in [-0.4, -0.2) is 41.3 Å². The van der Waals surface area contributed by atoms with Crippen LogP contribution in [0.25, 0.3) is 0 Å². The maximum atomic E-state index is 14.1. The van der Waals surface area contributed by atoms with E-state index < -0.39 is 41.1 Å². The summed E-state index contributed by atoms with van der Waals surface area (Å²) >= 11 is 0. The van der Waals surface area contributed by atoms with Crippen LogP contribution in [0.15, 0.2) is 24.3 Å². The lowest BCUT2D eigenvalue weighted by molar-refractivity contribution is -0.154. The molecule has 2 fully saturated rings. The summed E-state index contributed by atoms with van der Waals surface area (Å²) in [6, 6.07) is 5.68. The molecule has 24 heavy (non-hydrogen) atoms. The zero-order valence-corrected chi connectivity index (χ0v) is 12.9. The van der Waals surface area contributed by atoms with Crippen molar-refractivity contribution in [2.45, 2.75) is 31.7 Å². The van der Waals surface area contributed by atoms with Gasteiger partial charge in [-0.05, 0) is 31.9 Å². The van der Waals surface area contributed by atoms with Crippen molar-refractivity contribution < 1.29 is 27.9 Å². The SMILES string of the molecule is CCOC(=O)[C@]12C[C@H](N3C(=O)c4ccccc4C3=O)CC1C2(F)F. The molecule has 1 aliphatic heterocycles. The Balaban J connectivity index is 1.62. The van der Waals surface area contributed by atoms with Gasteiger partial charge >= 0.3 is 5.97 Å². The van der Waals surface area contributed by atoms with E-state index in [4.69, 9.17) is 4.74 Å². The molecule has 1 aromatic carbocycles. The molecule has 1 aromatic rings. The van der Waals surface area contributed by atoms with Crippen molar-refractivity contribution in [1.82, 2.24) is 4.90 Å². The first-order valence-corrected chi connectivity index (χ1v) is 7.88. The van der Waals surface area contributed by atoms with Gasteiger partial charge in [0.05, 0.1) is 17.7 Å². The van der Waals surface area contributed by atoms with Crippen LogP contribution in [-0.2, 0) is 9.53 Å². The minimum atomic E-state index is -3.13. The molecule has 2 aliphatic carbocycles. The molecule has 1 heterocycles. The Labute approximate surface area is 136 Å².